The van der Waals surface area contributed by atoms with E-state index in [1.807, 2.05) is 104 Å². The van der Waals surface area contributed by atoms with Gasteiger partial charge in [-0.1, -0.05) is 18.2 Å². The van der Waals surface area contributed by atoms with Crippen LogP contribution in [0.4, 0.5) is 0 Å². The molecule has 0 saturated heterocycles. The Hall–Kier alpha value is -2.98. The predicted octanol–water partition coefficient (Wildman–Crippen LogP) is 6.53. The van der Waals surface area contributed by atoms with E-state index in [2.05, 4.69) is 27.1 Å². The third-order valence-corrected chi connectivity index (χ3v) is 5.12. The average molecular weight is 598 g/mol. The summed E-state index contributed by atoms with van der Waals surface area (Å²) in [4.78, 5) is 13.1. The van der Waals surface area contributed by atoms with Gasteiger partial charge in [-0.15, -0.1) is 83.1 Å². The van der Waals surface area contributed by atoms with E-state index in [0.29, 0.717) is 0 Å². The summed E-state index contributed by atoms with van der Waals surface area (Å²) in [5.41, 5.74) is 6.10. The molecule has 0 spiro atoms. The third kappa shape index (κ3) is 6.25. The second kappa shape index (κ2) is 11.4. The molecular weight excluding hydrogens is 579 g/mol. The summed E-state index contributed by atoms with van der Waals surface area (Å²) in [5, 5.41) is 2.99. The number of rotatable bonds is 3. The van der Waals surface area contributed by atoms with E-state index in [4.69, 9.17) is 0 Å². The van der Waals surface area contributed by atoms with Crippen LogP contribution in [-0.2, 0) is 20.1 Å². The summed E-state index contributed by atoms with van der Waals surface area (Å²) in [6.07, 6.45) is 3.63. The molecule has 3 nitrogen and oxygen atoms in total. The van der Waals surface area contributed by atoms with E-state index in [9.17, 15) is 0 Å². The molecule has 2 aromatic carbocycles. The molecule has 0 aliphatic carbocycles. The average Bonchev–Trinajstić information content (AvgIpc) is 3.36. The molecule has 5 rings (SSSR count). The number of pyridine rings is 2. The minimum absolute atomic E-state index is 0. The molecule has 5 aromatic rings. The molecule has 0 unspecified atom stereocenters. The van der Waals surface area contributed by atoms with E-state index < -0.39 is 0 Å². The predicted molar refractivity (Wildman–Crippen MR) is 123 cm³/mol. The molecule has 155 valence electrons. The van der Waals surface area contributed by atoms with E-state index in [-0.39, 0.29) is 20.1 Å². The van der Waals surface area contributed by atoms with Gasteiger partial charge in [0.25, 0.3) is 0 Å². The van der Waals surface area contributed by atoms with Crippen molar-refractivity contribution in [2.45, 2.75) is 6.92 Å². The van der Waals surface area contributed by atoms with Gasteiger partial charge in [0.05, 0.1) is 0 Å². The van der Waals surface area contributed by atoms with E-state index in [1.54, 1.807) is 11.3 Å². The molecule has 0 aliphatic heterocycles. The third-order valence-electron chi connectivity index (χ3n) is 4.30. The molecule has 3 aromatic heterocycles. The van der Waals surface area contributed by atoms with Gasteiger partial charge in [-0.3, -0.25) is 0 Å². The summed E-state index contributed by atoms with van der Waals surface area (Å²) >= 11 is 1.63. The molecule has 0 amide bonds. The maximum atomic E-state index is 4.41. The van der Waals surface area contributed by atoms with Crippen LogP contribution < -0.4 is 0 Å². The quantitative estimate of drug-likeness (QED) is 0.222. The van der Waals surface area contributed by atoms with E-state index in [0.717, 1.165) is 38.8 Å². The smallest absolute Gasteiger partial charge is 0.122 e. The van der Waals surface area contributed by atoms with Gasteiger partial charge < -0.3 is 9.97 Å². The van der Waals surface area contributed by atoms with Crippen LogP contribution in [0.25, 0.3) is 33.1 Å². The Bertz CT molecular complexity index is 1190. The first-order valence-corrected chi connectivity index (χ1v) is 10.4. The van der Waals surface area contributed by atoms with Crippen LogP contribution in [0.5, 0.6) is 0 Å². The number of thiazole rings is 1. The fraction of sp³-hybridized carbons (Fsp3) is 0.0385. The topological polar surface area (TPSA) is 38.7 Å². The largest absolute Gasteiger partial charge is 0.305 e. The van der Waals surface area contributed by atoms with Gasteiger partial charge >= 0.3 is 0 Å². The monoisotopic (exact) mass is 598 g/mol. The first kappa shape index (κ1) is 22.7. The van der Waals surface area contributed by atoms with Crippen molar-refractivity contribution in [2.24, 2.45) is 0 Å². The molecule has 31 heavy (non-hydrogen) atoms. The van der Waals surface area contributed by atoms with Gasteiger partial charge in [-0.25, -0.2) is 4.98 Å². The molecule has 0 aliphatic rings. The van der Waals surface area contributed by atoms with Gasteiger partial charge in [0.15, 0.2) is 0 Å². The molecule has 3 heterocycles. The number of hydrogen-bond donors (Lipinski definition) is 0. The Morgan fingerprint density at radius 3 is 2.10 bits per heavy atom. The van der Waals surface area contributed by atoms with Crippen molar-refractivity contribution in [1.82, 2.24) is 15.0 Å². The van der Waals surface area contributed by atoms with Crippen molar-refractivity contribution >= 4 is 11.3 Å². The molecular formula is C26H19IrN3S-2. The van der Waals surface area contributed by atoms with Crippen LogP contribution in [0, 0.1) is 19.1 Å². The normalized spacial score (nSPS) is 9.84. The summed E-state index contributed by atoms with van der Waals surface area (Å²) in [5.74, 6) is 0. The van der Waals surface area contributed by atoms with Crippen LogP contribution in [0.3, 0.4) is 0 Å². The number of hydrogen-bond acceptors (Lipinski definition) is 4. The van der Waals surface area contributed by atoms with Gasteiger partial charge in [0.2, 0.25) is 0 Å². The van der Waals surface area contributed by atoms with Crippen LogP contribution in [0.1, 0.15) is 5.69 Å². The van der Waals surface area contributed by atoms with Crippen LogP contribution in [0.15, 0.2) is 96.6 Å². The zero-order valence-corrected chi connectivity index (χ0v) is 20.0. The zero-order valence-electron chi connectivity index (χ0n) is 16.8. The molecule has 0 fully saturated rings. The Kier molecular flexibility index (Phi) is 8.36. The number of aryl methyl sites for hydroxylation is 1. The van der Waals surface area contributed by atoms with Crippen molar-refractivity contribution in [3.63, 3.8) is 0 Å². The van der Waals surface area contributed by atoms with E-state index in [1.165, 1.54) is 0 Å². The molecule has 0 N–H and O–H groups in total. The Labute approximate surface area is 200 Å². The van der Waals surface area contributed by atoms with Crippen molar-refractivity contribution in [1.29, 1.82) is 0 Å². The molecule has 1 radical (unpaired) electrons. The second-order valence-electron chi connectivity index (χ2n) is 6.48. The maximum absolute atomic E-state index is 4.41. The Morgan fingerprint density at radius 1 is 0.742 bits per heavy atom. The zero-order chi connectivity index (χ0) is 20.6. The maximum Gasteiger partial charge on any atom is 0.122 e. The van der Waals surface area contributed by atoms with Crippen molar-refractivity contribution < 1.29 is 20.1 Å². The minimum Gasteiger partial charge on any atom is -0.305 e. The summed E-state index contributed by atoms with van der Waals surface area (Å²) in [7, 11) is 0. The van der Waals surface area contributed by atoms with Gasteiger partial charge in [-0.2, -0.15) is 0 Å². The molecule has 0 atom stereocenters. The van der Waals surface area contributed by atoms with Gasteiger partial charge in [-0.05, 0) is 30.4 Å². The fourth-order valence-corrected chi connectivity index (χ4v) is 3.51. The summed E-state index contributed by atoms with van der Waals surface area (Å²) in [6, 6.07) is 32.1. The summed E-state index contributed by atoms with van der Waals surface area (Å²) < 4.78 is 0. The second-order valence-corrected chi connectivity index (χ2v) is 7.38. The first-order chi connectivity index (χ1) is 14.8. The minimum atomic E-state index is 0. The Balaban J connectivity index is 0.000000176. The standard InChI is InChI=1S/C14H9N2S.C12H10N.Ir/c1-2-4-11(5-3-1)13-10-12(6-7-15-13)14-16-8-9-17-14;1-10-6-5-9-12(13-10)11-7-3-2-4-8-11;/h1-4,6-10H;2-7,9H,1H3;/q2*-1;. The SMILES string of the molecule is Cc1cccc(-c2[c-]cccc2)n1.[Ir].[c-]1ccccc1-c1cc(-c2nccs2)ccn1. The van der Waals surface area contributed by atoms with Crippen molar-refractivity contribution in [3.05, 3.63) is 114 Å². The van der Waals surface area contributed by atoms with Crippen molar-refractivity contribution in [3.8, 4) is 33.1 Å². The van der Waals surface area contributed by atoms with Crippen molar-refractivity contribution in [2.75, 3.05) is 0 Å². The van der Waals surface area contributed by atoms with E-state index >= 15 is 0 Å². The molecule has 5 heteroatoms. The van der Waals surface area contributed by atoms with Gasteiger partial charge in [0, 0.05) is 49.1 Å². The number of aromatic nitrogens is 3. The number of nitrogens with zero attached hydrogens (tertiary/aromatic N) is 3. The summed E-state index contributed by atoms with van der Waals surface area (Å²) in [6.45, 7) is 1.99. The first-order valence-electron chi connectivity index (χ1n) is 9.53. The molecule has 0 bridgehead atoms. The number of benzene rings is 2. The fourth-order valence-electron chi connectivity index (χ4n) is 2.88. The van der Waals surface area contributed by atoms with Crippen LogP contribution in [-0.4, -0.2) is 15.0 Å². The molecule has 0 saturated carbocycles. The Morgan fingerprint density at radius 2 is 1.48 bits per heavy atom. The van der Waals surface area contributed by atoms with Crippen LogP contribution in [0.2, 0.25) is 0 Å². The van der Waals surface area contributed by atoms with Crippen LogP contribution >= 0.6 is 11.3 Å². The van der Waals surface area contributed by atoms with Gasteiger partial charge in [0.1, 0.15) is 5.01 Å².